The molecule has 0 fully saturated rings. The smallest absolute Gasteiger partial charge is 0.0839 e. The first kappa shape index (κ1) is 12.1. The van der Waals surface area contributed by atoms with Gasteiger partial charge in [-0.05, 0) is 30.9 Å². The van der Waals surface area contributed by atoms with E-state index in [-0.39, 0.29) is 0 Å². The largest absolute Gasteiger partial charge is 0.113 e. The van der Waals surface area contributed by atoms with Crippen molar-refractivity contribution in [3.8, 4) is 11.8 Å². The summed E-state index contributed by atoms with van der Waals surface area (Å²) in [6, 6.07) is 4.44. The van der Waals surface area contributed by atoms with Crippen molar-refractivity contribution in [1.82, 2.24) is 0 Å². The minimum Gasteiger partial charge on any atom is -0.113 e. The lowest BCUT2D eigenvalue weighted by atomic mass is 9.95. The zero-order chi connectivity index (χ0) is 11.3. The fourth-order valence-electron chi connectivity index (χ4n) is 1.78. The maximum atomic E-state index is 5.60. The number of aryl methyl sites for hydroxylation is 3. The van der Waals surface area contributed by atoms with Gasteiger partial charge in [-0.3, -0.25) is 0 Å². The van der Waals surface area contributed by atoms with Gasteiger partial charge in [0.05, 0.1) is 5.88 Å². The first-order valence-corrected chi connectivity index (χ1v) is 5.93. The molecule has 0 N–H and O–H groups in total. The highest BCUT2D eigenvalue weighted by atomic mass is 35.5. The number of hydrogen-bond acceptors (Lipinski definition) is 0. The third-order valence-corrected chi connectivity index (χ3v) is 2.62. The lowest BCUT2D eigenvalue weighted by Gasteiger charge is -2.09. The van der Waals surface area contributed by atoms with Gasteiger partial charge in [0, 0.05) is 5.56 Å². The third-order valence-electron chi connectivity index (χ3n) is 2.49. The average Bonchev–Trinajstić information content (AvgIpc) is 2.26. The lowest BCUT2D eigenvalue weighted by Crippen LogP contribution is -1.96. The second kappa shape index (κ2) is 5.83. The van der Waals surface area contributed by atoms with Crippen LogP contribution in [-0.2, 0) is 12.8 Å². The Morgan fingerprint density at radius 3 is 2.07 bits per heavy atom. The predicted octanol–water partition coefficient (Wildman–Crippen LogP) is 3.71. The van der Waals surface area contributed by atoms with Crippen molar-refractivity contribution >= 4 is 11.6 Å². The zero-order valence-electron chi connectivity index (χ0n) is 9.65. The molecule has 1 heteroatoms. The Balaban J connectivity index is 3.30. The zero-order valence-corrected chi connectivity index (χ0v) is 10.4. The van der Waals surface area contributed by atoms with E-state index < -0.39 is 0 Å². The molecule has 0 aliphatic carbocycles. The van der Waals surface area contributed by atoms with Gasteiger partial charge in [-0.2, -0.15) is 0 Å². The highest BCUT2D eigenvalue weighted by molar-refractivity contribution is 6.19. The van der Waals surface area contributed by atoms with Crippen LogP contribution in [0.1, 0.15) is 36.1 Å². The first-order chi connectivity index (χ1) is 7.22. The van der Waals surface area contributed by atoms with Gasteiger partial charge in [0.2, 0.25) is 0 Å². The van der Waals surface area contributed by atoms with Crippen LogP contribution in [0, 0.1) is 18.8 Å². The van der Waals surface area contributed by atoms with Gasteiger partial charge in [-0.1, -0.05) is 43.4 Å². The normalized spacial score (nSPS) is 9.60. The van der Waals surface area contributed by atoms with Gasteiger partial charge in [0.1, 0.15) is 0 Å². The maximum Gasteiger partial charge on any atom is 0.0839 e. The molecule has 0 spiro atoms. The van der Waals surface area contributed by atoms with E-state index in [9.17, 15) is 0 Å². The van der Waals surface area contributed by atoms with E-state index in [1.807, 2.05) is 0 Å². The summed E-state index contributed by atoms with van der Waals surface area (Å²) in [5.41, 5.74) is 5.18. The molecule has 0 saturated carbocycles. The van der Waals surface area contributed by atoms with Crippen molar-refractivity contribution in [2.75, 3.05) is 5.88 Å². The fourth-order valence-corrected chi connectivity index (χ4v) is 1.85. The molecule has 0 aromatic heterocycles. The summed E-state index contributed by atoms with van der Waals surface area (Å²) < 4.78 is 0. The highest BCUT2D eigenvalue weighted by Gasteiger charge is 2.04. The Kier molecular flexibility index (Phi) is 4.72. The van der Waals surface area contributed by atoms with E-state index in [4.69, 9.17) is 11.6 Å². The Bertz CT molecular complexity index is 369. The molecular formula is C14H17Cl. The van der Waals surface area contributed by atoms with Crippen molar-refractivity contribution in [3.05, 3.63) is 34.4 Å². The quantitative estimate of drug-likeness (QED) is 0.527. The molecule has 1 rings (SSSR count). The van der Waals surface area contributed by atoms with Crippen molar-refractivity contribution in [2.24, 2.45) is 0 Å². The number of hydrogen-bond donors (Lipinski definition) is 0. The minimum atomic E-state index is 0.403. The van der Waals surface area contributed by atoms with Crippen LogP contribution >= 0.6 is 11.6 Å². The molecule has 80 valence electrons. The molecule has 0 saturated heterocycles. The molecule has 0 atom stereocenters. The van der Waals surface area contributed by atoms with Crippen LogP contribution in [0.5, 0.6) is 0 Å². The Morgan fingerprint density at radius 2 is 1.67 bits per heavy atom. The molecule has 0 amide bonds. The van der Waals surface area contributed by atoms with Gasteiger partial charge in [-0.15, -0.1) is 11.6 Å². The SMILES string of the molecule is CCc1cc(C)cc(CC)c1C#CCCl. The molecule has 0 unspecified atom stereocenters. The second-order valence-electron chi connectivity index (χ2n) is 3.60. The number of rotatable bonds is 2. The molecule has 1 aromatic carbocycles. The topological polar surface area (TPSA) is 0 Å². The van der Waals surface area contributed by atoms with Crippen LogP contribution in [0.25, 0.3) is 0 Å². The summed E-state index contributed by atoms with van der Waals surface area (Å²) in [5, 5.41) is 0. The maximum absolute atomic E-state index is 5.60. The van der Waals surface area contributed by atoms with Gasteiger partial charge in [0.25, 0.3) is 0 Å². The van der Waals surface area contributed by atoms with Crippen molar-refractivity contribution in [1.29, 1.82) is 0 Å². The predicted molar refractivity (Wildman–Crippen MR) is 67.5 cm³/mol. The molecule has 15 heavy (non-hydrogen) atoms. The average molecular weight is 221 g/mol. The molecule has 0 nitrogen and oxygen atoms in total. The van der Waals surface area contributed by atoms with Crippen LogP contribution in [0.15, 0.2) is 12.1 Å². The van der Waals surface area contributed by atoms with Gasteiger partial charge in [0.15, 0.2) is 0 Å². The molecular weight excluding hydrogens is 204 g/mol. The van der Waals surface area contributed by atoms with Crippen molar-refractivity contribution in [3.63, 3.8) is 0 Å². The number of benzene rings is 1. The Hall–Kier alpha value is -0.930. The molecule has 0 radical (unpaired) electrons. The fraction of sp³-hybridized carbons (Fsp3) is 0.429. The van der Waals surface area contributed by atoms with Crippen LogP contribution in [0.2, 0.25) is 0 Å². The first-order valence-electron chi connectivity index (χ1n) is 5.40. The molecule has 0 heterocycles. The monoisotopic (exact) mass is 220 g/mol. The van der Waals surface area contributed by atoms with Crippen LogP contribution in [0.3, 0.4) is 0 Å². The Morgan fingerprint density at radius 1 is 1.13 bits per heavy atom. The van der Waals surface area contributed by atoms with E-state index >= 15 is 0 Å². The molecule has 0 bridgehead atoms. The van der Waals surface area contributed by atoms with E-state index in [1.165, 1.54) is 22.3 Å². The van der Waals surface area contributed by atoms with E-state index in [0.717, 1.165) is 12.8 Å². The molecule has 0 aliphatic heterocycles. The van der Waals surface area contributed by atoms with E-state index in [0.29, 0.717) is 5.88 Å². The summed E-state index contributed by atoms with van der Waals surface area (Å²) in [6.45, 7) is 6.47. The van der Waals surface area contributed by atoms with E-state index in [1.54, 1.807) is 0 Å². The summed E-state index contributed by atoms with van der Waals surface area (Å²) in [4.78, 5) is 0. The minimum absolute atomic E-state index is 0.403. The van der Waals surface area contributed by atoms with Crippen LogP contribution in [-0.4, -0.2) is 5.88 Å². The Labute approximate surface area is 97.7 Å². The molecule has 1 aromatic rings. The third kappa shape index (κ3) is 3.01. The summed E-state index contributed by atoms with van der Waals surface area (Å²) >= 11 is 5.60. The second-order valence-corrected chi connectivity index (χ2v) is 3.87. The standard InChI is InChI=1S/C14H17Cl/c1-4-12-9-11(3)10-13(5-2)14(12)7-6-8-15/h9-10H,4-5,8H2,1-3H3. The van der Waals surface area contributed by atoms with Gasteiger partial charge < -0.3 is 0 Å². The van der Waals surface area contributed by atoms with Crippen molar-refractivity contribution in [2.45, 2.75) is 33.6 Å². The van der Waals surface area contributed by atoms with Gasteiger partial charge in [-0.25, -0.2) is 0 Å². The van der Waals surface area contributed by atoms with Crippen molar-refractivity contribution < 1.29 is 0 Å². The lowest BCUT2D eigenvalue weighted by molar-refractivity contribution is 1.06. The van der Waals surface area contributed by atoms with Crippen LogP contribution < -0.4 is 0 Å². The number of halogens is 1. The molecule has 0 aliphatic rings. The van der Waals surface area contributed by atoms with Crippen LogP contribution in [0.4, 0.5) is 0 Å². The summed E-state index contributed by atoms with van der Waals surface area (Å²) in [7, 11) is 0. The van der Waals surface area contributed by atoms with E-state index in [2.05, 4.69) is 44.7 Å². The highest BCUT2D eigenvalue weighted by Crippen LogP contribution is 2.18. The summed E-state index contributed by atoms with van der Waals surface area (Å²) in [5.74, 6) is 6.53. The van der Waals surface area contributed by atoms with Gasteiger partial charge >= 0.3 is 0 Å². The number of alkyl halides is 1. The summed E-state index contributed by atoms with van der Waals surface area (Å²) in [6.07, 6.45) is 2.06.